The van der Waals surface area contributed by atoms with Crippen LogP contribution in [-0.4, -0.2) is 18.4 Å². The summed E-state index contributed by atoms with van der Waals surface area (Å²) >= 11 is 0. The maximum Gasteiger partial charge on any atom is 0.227 e. The molecule has 0 aliphatic carbocycles. The maximum atomic E-state index is 12.2. The summed E-state index contributed by atoms with van der Waals surface area (Å²) in [5.74, 6) is -0.923. The summed E-state index contributed by atoms with van der Waals surface area (Å²) in [7, 11) is 0. The monoisotopic (exact) mass is 295 g/mol. The molecule has 0 saturated carbocycles. The standard InChI is InChI=1S/C17H17N3O2/c18-17(22)12-10-16(21)20(11-12)15-9-5-4-8-14(15)19-13-6-2-1-3-7-13/h1-9,12,19H,10-11H2,(H2,18,22). The molecule has 1 aliphatic heterocycles. The van der Waals surface area contributed by atoms with Crippen molar-refractivity contribution >= 4 is 28.9 Å². The summed E-state index contributed by atoms with van der Waals surface area (Å²) in [6.45, 7) is 0.335. The van der Waals surface area contributed by atoms with Gasteiger partial charge in [-0.3, -0.25) is 9.59 Å². The zero-order chi connectivity index (χ0) is 15.5. The Bertz CT molecular complexity index is 700. The van der Waals surface area contributed by atoms with Crippen LogP contribution < -0.4 is 16.0 Å². The van der Waals surface area contributed by atoms with Crippen molar-refractivity contribution < 1.29 is 9.59 Å². The maximum absolute atomic E-state index is 12.2. The fraction of sp³-hybridized carbons (Fsp3) is 0.176. The van der Waals surface area contributed by atoms with Crippen molar-refractivity contribution in [2.75, 3.05) is 16.8 Å². The van der Waals surface area contributed by atoms with E-state index >= 15 is 0 Å². The molecule has 1 saturated heterocycles. The molecule has 22 heavy (non-hydrogen) atoms. The van der Waals surface area contributed by atoms with Crippen molar-refractivity contribution in [3.05, 3.63) is 54.6 Å². The molecule has 1 heterocycles. The van der Waals surface area contributed by atoms with Crippen LogP contribution in [0.3, 0.4) is 0 Å². The van der Waals surface area contributed by atoms with E-state index in [2.05, 4.69) is 5.32 Å². The second-order valence-corrected chi connectivity index (χ2v) is 5.32. The molecule has 112 valence electrons. The highest BCUT2D eigenvalue weighted by molar-refractivity contribution is 6.02. The number of nitrogens with one attached hydrogen (secondary N) is 1. The lowest BCUT2D eigenvalue weighted by molar-refractivity contribution is -0.123. The first-order chi connectivity index (χ1) is 10.6. The highest BCUT2D eigenvalue weighted by Gasteiger charge is 2.34. The first-order valence-electron chi connectivity index (χ1n) is 7.16. The highest BCUT2D eigenvalue weighted by atomic mass is 16.2. The van der Waals surface area contributed by atoms with Crippen molar-refractivity contribution in [3.8, 4) is 0 Å². The van der Waals surface area contributed by atoms with E-state index in [4.69, 9.17) is 5.73 Å². The summed E-state index contributed by atoms with van der Waals surface area (Å²) in [6.07, 6.45) is 0.176. The summed E-state index contributed by atoms with van der Waals surface area (Å²) in [5, 5.41) is 3.30. The lowest BCUT2D eigenvalue weighted by Crippen LogP contribution is -2.28. The minimum absolute atomic E-state index is 0.0777. The number of nitrogens with zero attached hydrogens (tertiary/aromatic N) is 1. The van der Waals surface area contributed by atoms with Gasteiger partial charge >= 0.3 is 0 Å². The Hall–Kier alpha value is -2.82. The molecule has 3 N–H and O–H groups in total. The average Bonchev–Trinajstić information content (AvgIpc) is 2.91. The number of para-hydroxylation sites is 3. The summed E-state index contributed by atoms with van der Waals surface area (Å²) < 4.78 is 0. The number of primary amides is 1. The molecular weight excluding hydrogens is 278 g/mol. The fourth-order valence-corrected chi connectivity index (χ4v) is 2.62. The second-order valence-electron chi connectivity index (χ2n) is 5.32. The highest BCUT2D eigenvalue weighted by Crippen LogP contribution is 2.33. The van der Waals surface area contributed by atoms with Crippen LogP contribution in [0.4, 0.5) is 17.1 Å². The number of amides is 2. The zero-order valence-electron chi connectivity index (χ0n) is 12.0. The van der Waals surface area contributed by atoms with Gasteiger partial charge in [0.1, 0.15) is 0 Å². The Labute approximate surface area is 128 Å². The Balaban J connectivity index is 1.89. The van der Waals surface area contributed by atoms with Gasteiger partial charge in [0.05, 0.1) is 17.3 Å². The molecule has 0 spiro atoms. The molecule has 1 atom stereocenters. The van der Waals surface area contributed by atoms with Gasteiger partial charge in [-0.2, -0.15) is 0 Å². The number of hydrogen-bond donors (Lipinski definition) is 2. The predicted octanol–water partition coefficient (Wildman–Crippen LogP) is 2.27. The van der Waals surface area contributed by atoms with Gasteiger partial charge in [0.2, 0.25) is 11.8 Å². The van der Waals surface area contributed by atoms with Crippen LogP contribution in [0, 0.1) is 5.92 Å². The van der Waals surface area contributed by atoms with Gasteiger partial charge in [-0.15, -0.1) is 0 Å². The molecule has 5 heteroatoms. The van der Waals surface area contributed by atoms with E-state index in [-0.39, 0.29) is 12.3 Å². The van der Waals surface area contributed by atoms with Crippen LogP contribution in [0.5, 0.6) is 0 Å². The molecule has 2 amide bonds. The predicted molar refractivity (Wildman–Crippen MR) is 85.8 cm³/mol. The summed E-state index contributed by atoms with van der Waals surface area (Å²) in [5.41, 5.74) is 7.86. The second kappa shape index (κ2) is 5.89. The molecule has 1 unspecified atom stereocenters. The quantitative estimate of drug-likeness (QED) is 0.908. The smallest absolute Gasteiger partial charge is 0.227 e. The Morgan fingerprint density at radius 2 is 1.77 bits per heavy atom. The van der Waals surface area contributed by atoms with Gasteiger partial charge in [0.15, 0.2) is 0 Å². The van der Waals surface area contributed by atoms with E-state index in [1.54, 1.807) is 4.90 Å². The number of hydrogen-bond acceptors (Lipinski definition) is 3. The molecule has 2 aromatic carbocycles. The SMILES string of the molecule is NC(=O)C1CC(=O)N(c2ccccc2Nc2ccccc2)C1. The van der Waals surface area contributed by atoms with E-state index in [9.17, 15) is 9.59 Å². The van der Waals surface area contributed by atoms with E-state index in [0.29, 0.717) is 6.54 Å². The largest absolute Gasteiger partial charge is 0.369 e. The van der Waals surface area contributed by atoms with Crippen LogP contribution >= 0.6 is 0 Å². The molecule has 5 nitrogen and oxygen atoms in total. The van der Waals surface area contributed by atoms with Crippen LogP contribution in [-0.2, 0) is 9.59 Å². The molecule has 1 aliphatic rings. The first-order valence-corrected chi connectivity index (χ1v) is 7.16. The third-order valence-electron chi connectivity index (χ3n) is 3.78. The van der Waals surface area contributed by atoms with E-state index in [0.717, 1.165) is 17.1 Å². The lowest BCUT2D eigenvalue weighted by Gasteiger charge is -2.21. The number of nitrogens with two attached hydrogens (primary N) is 1. The van der Waals surface area contributed by atoms with Crippen molar-refractivity contribution in [1.29, 1.82) is 0 Å². The van der Waals surface area contributed by atoms with Crippen molar-refractivity contribution in [2.24, 2.45) is 11.7 Å². The van der Waals surface area contributed by atoms with E-state index < -0.39 is 11.8 Å². The normalized spacial score (nSPS) is 17.5. The van der Waals surface area contributed by atoms with Crippen LogP contribution in [0.1, 0.15) is 6.42 Å². The molecule has 0 radical (unpaired) electrons. The van der Waals surface area contributed by atoms with Gasteiger partial charge in [-0.1, -0.05) is 30.3 Å². The third-order valence-corrected chi connectivity index (χ3v) is 3.78. The summed E-state index contributed by atoms with van der Waals surface area (Å²) in [6, 6.07) is 17.3. The minimum Gasteiger partial charge on any atom is -0.369 e. The Morgan fingerprint density at radius 3 is 2.45 bits per heavy atom. The van der Waals surface area contributed by atoms with E-state index in [1.165, 1.54) is 0 Å². The van der Waals surface area contributed by atoms with Crippen LogP contribution in [0.15, 0.2) is 54.6 Å². The third kappa shape index (κ3) is 2.79. The van der Waals surface area contributed by atoms with Crippen molar-refractivity contribution in [3.63, 3.8) is 0 Å². The van der Waals surface area contributed by atoms with Crippen LogP contribution in [0.2, 0.25) is 0 Å². The fourth-order valence-electron chi connectivity index (χ4n) is 2.62. The van der Waals surface area contributed by atoms with Gasteiger partial charge in [0.25, 0.3) is 0 Å². The Morgan fingerprint density at radius 1 is 1.09 bits per heavy atom. The zero-order valence-corrected chi connectivity index (χ0v) is 12.0. The van der Waals surface area contributed by atoms with Crippen molar-refractivity contribution in [2.45, 2.75) is 6.42 Å². The van der Waals surface area contributed by atoms with Gasteiger partial charge in [-0.05, 0) is 24.3 Å². The topological polar surface area (TPSA) is 75.4 Å². The number of carbonyl (C=O) groups excluding carboxylic acids is 2. The van der Waals surface area contributed by atoms with Crippen molar-refractivity contribution in [1.82, 2.24) is 0 Å². The first kappa shape index (κ1) is 14.1. The number of benzene rings is 2. The average molecular weight is 295 g/mol. The van der Waals surface area contributed by atoms with E-state index in [1.807, 2.05) is 54.6 Å². The molecule has 2 aromatic rings. The number of anilines is 3. The lowest BCUT2D eigenvalue weighted by atomic mass is 10.1. The Kier molecular flexibility index (Phi) is 3.78. The summed E-state index contributed by atoms with van der Waals surface area (Å²) in [4.78, 5) is 25.1. The number of rotatable bonds is 4. The molecule has 3 rings (SSSR count). The van der Waals surface area contributed by atoms with Crippen LogP contribution in [0.25, 0.3) is 0 Å². The molecular formula is C17H17N3O2. The van der Waals surface area contributed by atoms with Gasteiger partial charge < -0.3 is 16.0 Å². The number of carbonyl (C=O) groups is 2. The van der Waals surface area contributed by atoms with Gasteiger partial charge in [-0.25, -0.2) is 0 Å². The van der Waals surface area contributed by atoms with Gasteiger partial charge in [0, 0.05) is 18.7 Å². The molecule has 0 bridgehead atoms. The molecule has 1 fully saturated rings. The molecule has 0 aromatic heterocycles. The minimum atomic E-state index is -0.427.